The van der Waals surface area contributed by atoms with E-state index in [1.54, 1.807) is 24.3 Å². The number of carbonyl (C=O) groups is 2. The number of likely N-dealkylation sites (N-methyl/N-ethyl adjacent to an activating group) is 1. The van der Waals surface area contributed by atoms with Crippen molar-refractivity contribution in [3.05, 3.63) is 71.3 Å². The molecule has 0 fully saturated rings. The first kappa shape index (κ1) is 12.8. The van der Waals surface area contributed by atoms with Gasteiger partial charge in [-0.15, -0.1) is 0 Å². The Morgan fingerprint density at radius 1 is 0.850 bits per heavy atom. The van der Waals surface area contributed by atoms with Crippen LogP contribution in [0.5, 0.6) is 0 Å². The zero-order chi connectivity index (χ0) is 14.2. The molecule has 0 saturated carbocycles. The molecule has 1 aliphatic rings. The van der Waals surface area contributed by atoms with E-state index < -0.39 is 5.54 Å². The van der Waals surface area contributed by atoms with E-state index in [0.717, 1.165) is 0 Å². The summed E-state index contributed by atoms with van der Waals surface area (Å²) < 4.78 is 0. The Labute approximate surface area is 117 Å². The molecule has 1 N–H and O–H groups in total. The minimum Gasteiger partial charge on any atom is -0.295 e. The van der Waals surface area contributed by atoms with E-state index in [-0.39, 0.29) is 11.6 Å². The third-order valence-corrected chi connectivity index (χ3v) is 3.75. The van der Waals surface area contributed by atoms with Crippen LogP contribution in [0.4, 0.5) is 0 Å². The highest BCUT2D eigenvalue weighted by molar-refractivity contribution is 6.32. The van der Waals surface area contributed by atoms with Crippen molar-refractivity contribution >= 4 is 11.6 Å². The summed E-state index contributed by atoms with van der Waals surface area (Å²) in [7, 11) is 0. The van der Waals surface area contributed by atoms with Gasteiger partial charge in [-0.1, -0.05) is 61.5 Å². The molecule has 0 heterocycles. The van der Waals surface area contributed by atoms with Crippen molar-refractivity contribution in [2.75, 3.05) is 6.54 Å². The van der Waals surface area contributed by atoms with Crippen molar-refractivity contribution < 1.29 is 9.59 Å². The predicted molar refractivity (Wildman–Crippen MR) is 76.9 cm³/mol. The van der Waals surface area contributed by atoms with Crippen molar-refractivity contribution in [2.24, 2.45) is 0 Å². The van der Waals surface area contributed by atoms with Gasteiger partial charge in [0.25, 0.3) is 0 Å². The summed E-state index contributed by atoms with van der Waals surface area (Å²) in [5, 5.41) is 3.12. The second kappa shape index (κ2) is 4.69. The van der Waals surface area contributed by atoms with Crippen LogP contribution >= 0.6 is 0 Å². The summed E-state index contributed by atoms with van der Waals surface area (Å²) in [6, 6.07) is 16.2. The van der Waals surface area contributed by atoms with Crippen LogP contribution in [0.15, 0.2) is 54.6 Å². The summed E-state index contributed by atoms with van der Waals surface area (Å²) in [6.45, 7) is 2.44. The number of hydrogen-bond acceptors (Lipinski definition) is 3. The van der Waals surface area contributed by atoms with Crippen molar-refractivity contribution in [3.63, 3.8) is 0 Å². The summed E-state index contributed by atoms with van der Waals surface area (Å²) in [5.41, 5.74) is 0.442. The second-order valence-electron chi connectivity index (χ2n) is 4.85. The van der Waals surface area contributed by atoms with E-state index in [4.69, 9.17) is 0 Å². The average molecular weight is 265 g/mol. The zero-order valence-electron chi connectivity index (χ0n) is 11.2. The molecule has 3 nitrogen and oxygen atoms in total. The van der Waals surface area contributed by atoms with Gasteiger partial charge in [-0.05, 0) is 12.1 Å². The van der Waals surface area contributed by atoms with Crippen LogP contribution in [-0.4, -0.2) is 18.1 Å². The van der Waals surface area contributed by atoms with Gasteiger partial charge in [-0.3, -0.25) is 14.9 Å². The molecule has 0 bridgehead atoms. The lowest BCUT2D eigenvalue weighted by Gasteiger charge is -2.27. The van der Waals surface area contributed by atoms with Gasteiger partial charge < -0.3 is 0 Å². The molecule has 2 aromatic rings. The number of hydrogen-bond donors (Lipinski definition) is 1. The van der Waals surface area contributed by atoms with E-state index in [1.807, 2.05) is 37.3 Å². The molecule has 0 unspecified atom stereocenters. The fourth-order valence-electron chi connectivity index (χ4n) is 2.86. The Bertz CT molecular complexity index is 641. The fourth-order valence-corrected chi connectivity index (χ4v) is 2.86. The molecule has 0 aromatic heterocycles. The number of fused-ring (bicyclic) bond motifs is 1. The van der Waals surface area contributed by atoms with Crippen molar-refractivity contribution in [3.8, 4) is 0 Å². The Morgan fingerprint density at radius 2 is 1.35 bits per heavy atom. The van der Waals surface area contributed by atoms with Gasteiger partial charge in [0.1, 0.15) is 0 Å². The van der Waals surface area contributed by atoms with Crippen LogP contribution in [0, 0.1) is 0 Å². The quantitative estimate of drug-likeness (QED) is 0.868. The Morgan fingerprint density at radius 3 is 1.85 bits per heavy atom. The number of benzene rings is 2. The van der Waals surface area contributed by atoms with Crippen LogP contribution in [-0.2, 0) is 5.54 Å². The Hall–Kier alpha value is -2.26. The first-order valence-electron chi connectivity index (χ1n) is 6.71. The maximum absolute atomic E-state index is 12.8. The number of carbonyl (C=O) groups excluding carboxylic acids is 2. The summed E-state index contributed by atoms with van der Waals surface area (Å²) in [6.07, 6.45) is 0. The molecule has 0 aliphatic heterocycles. The molecule has 0 saturated heterocycles. The van der Waals surface area contributed by atoms with Gasteiger partial charge in [-0.2, -0.15) is 0 Å². The molecule has 3 rings (SSSR count). The van der Waals surface area contributed by atoms with E-state index in [2.05, 4.69) is 5.32 Å². The molecule has 20 heavy (non-hydrogen) atoms. The highest BCUT2D eigenvalue weighted by Crippen LogP contribution is 2.37. The molecule has 3 heteroatoms. The largest absolute Gasteiger partial charge is 0.295 e. The van der Waals surface area contributed by atoms with Gasteiger partial charge >= 0.3 is 0 Å². The highest BCUT2D eigenvalue weighted by atomic mass is 16.2. The lowest BCUT2D eigenvalue weighted by atomic mass is 9.85. The average Bonchev–Trinajstić information content (AvgIpc) is 2.72. The topological polar surface area (TPSA) is 46.2 Å². The molecule has 0 radical (unpaired) electrons. The molecule has 1 aliphatic carbocycles. The third-order valence-electron chi connectivity index (χ3n) is 3.75. The van der Waals surface area contributed by atoms with Crippen molar-refractivity contribution in [1.29, 1.82) is 0 Å². The number of rotatable bonds is 3. The van der Waals surface area contributed by atoms with Crippen LogP contribution < -0.4 is 5.32 Å². The SMILES string of the molecule is CCNC1(c2ccccc2)C(=O)c2ccccc2C1=O. The van der Waals surface area contributed by atoms with Crippen LogP contribution in [0.25, 0.3) is 0 Å². The van der Waals surface area contributed by atoms with Gasteiger partial charge in [0, 0.05) is 11.1 Å². The highest BCUT2D eigenvalue weighted by Gasteiger charge is 2.53. The monoisotopic (exact) mass is 265 g/mol. The molecule has 0 atom stereocenters. The molecular weight excluding hydrogens is 250 g/mol. The third kappa shape index (κ3) is 1.57. The molecule has 0 amide bonds. The standard InChI is InChI=1S/C17H15NO2/c1-2-18-17(12-8-4-3-5-9-12)15(19)13-10-6-7-11-14(13)16(17)20/h3-11,18H,2H2,1H3. The van der Waals surface area contributed by atoms with Gasteiger partial charge in [0.05, 0.1) is 0 Å². The number of ketones is 2. The van der Waals surface area contributed by atoms with E-state index in [0.29, 0.717) is 23.2 Å². The lowest BCUT2D eigenvalue weighted by molar-refractivity contribution is 0.0757. The number of nitrogens with one attached hydrogen (secondary N) is 1. The van der Waals surface area contributed by atoms with Gasteiger partial charge in [-0.25, -0.2) is 0 Å². The minimum atomic E-state index is -1.26. The second-order valence-corrected chi connectivity index (χ2v) is 4.85. The zero-order valence-corrected chi connectivity index (χ0v) is 11.2. The smallest absolute Gasteiger partial charge is 0.196 e. The molecule has 2 aromatic carbocycles. The Balaban J connectivity index is 2.24. The van der Waals surface area contributed by atoms with Crippen LogP contribution in [0.2, 0.25) is 0 Å². The van der Waals surface area contributed by atoms with Crippen molar-refractivity contribution in [2.45, 2.75) is 12.5 Å². The normalized spacial score (nSPS) is 16.2. The maximum Gasteiger partial charge on any atom is 0.196 e. The molecule has 0 spiro atoms. The molecular formula is C17H15NO2. The predicted octanol–water partition coefficient (Wildman–Crippen LogP) is 2.57. The van der Waals surface area contributed by atoms with E-state index >= 15 is 0 Å². The van der Waals surface area contributed by atoms with Crippen LogP contribution in [0.3, 0.4) is 0 Å². The van der Waals surface area contributed by atoms with E-state index in [9.17, 15) is 9.59 Å². The van der Waals surface area contributed by atoms with Gasteiger partial charge in [0.2, 0.25) is 0 Å². The Kier molecular flexibility index (Phi) is 2.99. The minimum absolute atomic E-state index is 0.161. The number of Topliss-reactive ketones (excluding diaryl/α,β-unsaturated/α-hetero) is 2. The maximum atomic E-state index is 12.8. The molecule has 100 valence electrons. The fraction of sp³-hybridized carbons (Fsp3) is 0.176. The van der Waals surface area contributed by atoms with Crippen molar-refractivity contribution in [1.82, 2.24) is 5.32 Å². The van der Waals surface area contributed by atoms with Gasteiger partial charge in [0.15, 0.2) is 17.1 Å². The lowest BCUT2D eigenvalue weighted by Crippen LogP contribution is -2.51. The van der Waals surface area contributed by atoms with E-state index in [1.165, 1.54) is 0 Å². The summed E-state index contributed by atoms with van der Waals surface area (Å²) >= 11 is 0. The first-order valence-corrected chi connectivity index (χ1v) is 6.71. The van der Waals surface area contributed by atoms with Crippen LogP contribution in [0.1, 0.15) is 33.2 Å². The summed E-state index contributed by atoms with van der Waals surface area (Å²) in [5.74, 6) is -0.322. The summed E-state index contributed by atoms with van der Waals surface area (Å²) in [4.78, 5) is 25.7. The first-order chi connectivity index (χ1) is 9.71.